The molecule has 0 spiro atoms. The minimum atomic E-state index is -0.0812. The van der Waals surface area contributed by atoms with E-state index in [4.69, 9.17) is 0 Å². The highest BCUT2D eigenvalue weighted by molar-refractivity contribution is 5.96. The number of hydrogen-bond acceptors (Lipinski definition) is 2. The van der Waals surface area contributed by atoms with Crippen LogP contribution in [0.1, 0.15) is 77.0 Å². The van der Waals surface area contributed by atoms with E-state index in [-0.39, 0.29) is 10.8 Å². The summed E-state index contributed by atoms with van der Waals surface area (Å²) in [6, 6.07) is 0. The van der Waals surface area contributed by atoms with Gasteiger partial charge in [0.05, 0.1) is 0 Å². The lowest BCUT2D eigenvalue weighted by Crippen LogP contribution is -2.47. The fraction of sp³-hybridized carbons (Fsp3) is 0.870. The third-order valence-corrected chi connectivity index (χ3v) is 9.64. The molecule has 7 aliphatic rings. The monoisotopic (exact) mass is 340 g/mol. The number of carbonyl (C=O) groups is 1. The van der Waals surface area contributed by atoms with E-state index in [2.05, 4.69) is 0 Å². The maximum absolute atomic E-state index is 13.4. The van der Waals surface area contributed by atoms with Crippen LogP contribution in [0.25, 0.3) is 0 Å². The van der Waals surface area contributed by atoms with Crippen LogP contribution in [0, 0.1) is 46.3 Å². The van der Waals surface area contributed by atoms with Gasteiger partial charge in [0, 0.05) is 16.9 Å². The van der Waals surface area contributed by atoms with E-state index in [1.54, 1.807) is 6.08 Å². The SMILES string of the molecule is O=C(/C=C(\O)C12CC3CC(CC(C3)C1)C2)C12CC3CCC1CC(C3)C2. The van der Waals surface area contributed by atoms with Crippen molar-refractivity contribution in [3.8, 4) is 0 Å². The first-order valence-electron chi connectivity index (χ1n) is 11.0. The van der Waals surface area contributed by atoms with Crippen molar-refractivity contribution in [1.29, 1.82) is 0 Å². The van der Waals surface area contributed by atoms with Crippen molar-refractivity contribution in [2.75, 3.05) is 0 Å². The summed E-state index contributed by atoms with van der Waals surface area (Å²) in [7, 11) is 0. The van der Waals surface area contributed by atoms with Gasteiger partial charge in [0.1, 0.15) is 5.76 Å². The first kappa shape index (κ1) is 15.3. The molecular formula is C23H32O2. The molecule has 0 aromatic rings. The third kappa shape index (κ3) is 2.06. The number of fused-ring (bicyclic) bond motifs is 2. The van der Waals surface area contributed by atoms with Crippen LogP contribution in [0.15, 0.2) is 11.8 Å². The van der Waals surface area contributed by atoms with Crippen molar-refractivity contribution < 1.29 is 9.90 Å². The van der Waals surface area contributed by atoms with Crippen molar-refractivity contribution >= 4 is 5.78 Å². The van der Waals surface area contributed by atoms with Gasteiger partial charge in [0.25, 0.3) is 0 Å². The van der Waals surface area contributed by atoms with Crippen molar-refractivity contribution in [3.63, 3.8) is 0 Å². The zero-order valence-electron chi connectivity index (χ0n) is 15.4. The summed E-state index contributed by atoms with van der Waals surface area (Å²) in [4.78, 5) is 13.4. The van der Waals surface area contributed by atoms with E-state index < -0.39 is 0 Å². The molecule has 7 saturated carbocycles. The van der Waals surface area contributed by atoms with Crippen LogP contribution in [0.5, 0.6) is 0 Å². The third-order valence-electron chi connectivity index (χ3n) is 9.64. The molecule has 7 bridgehead atoms. The zero-order chi connectivity index (χ0) is 16.8. The van der Waals surface area contributed by atoms with Crippen LogP contribution in [-0.4, -0.2) is 10.9 Å². The average molecular weight is 341 g/mol. The Hall–Kier alpha value is -0.790. The number of rotatable bonds is 3. The van der Waals surface area contributed by atoms with E-state index in [1.165, 1.54) is 44.9 Å². The Balaban J connectivity index is 1.31. The van der Waals surface area contributed by atoms with E-state index in [0.29, 0.717) is 17.5 Å². The lowest BCUT2D eigenvalue weighted by atomic mass is 9.49. The molecular weight excluding hydrogens is 308 g/mol. The molecule has 4 unspecified atom stereocenters. The molecule has 0 aromatic carbocycles. The molecule has 0 aromatic heterocycles. The summed E-state index contributed by atoms with van der Waals surface area (Å²) >= 11 is 0. The van der Waals surface area contributed by atoms with Gasteiger partial charge in [0.15, 0.2) is 5.78 Å². The predicted molar refractivity (Wildman–Crippen MR) is 96.9 cm³/mol. The highest BCUT2D eigenvalue weighted by atomic mass is 16.3. The van der Waals surface area contributed by atoms with Gasteiger partial charge in [-0.3, -0.25) is 4.79 Å². The number of hydrogen-bond donors (Lipinski definition) is 1. The van der Waals surface area contributed by atoms with E-state index in [1.807, 2.05) is 0 Å². The topological polar surface area (TPSA) is 37.3 Å². The predicted octanol–water partition coefficient (Wildman–Crippen LogP) is 5.43. The second-order valence-corrected chi connectivity index (χ2v) is 11.1. The number of allylic oxidation sites excluding steroid dienone is 2. The Kier molecular flexibility index (Phi) is 3.01. The van der Waals surface area contributed by atoms with Gasteiger partial charge in [-0.25, -0.2) is 0 Å². The fourth-order valence-corrected chi connectivity index (χ4v) is 9.19. The van der Waals surface area contributed by atoms with Crippen molar-refractivity contribution in [2.45, 2.75) is 77.0 Å². The molecule has 7 rings (SSSR count). The molecule has 2 nitrogen and oxygen atoms in total. The maximum atomic E-state index is 13.4. The number of carbonyl (C=O) groups excluding carboxylic acids is 1. The quantitative estimate of drug-likeness (QED) is 0.549. The lowest BCUT2D eigenvalue weighted by molar-refractivity contribution is -0.130. The van der Waals surface area contributed by atoms with Crippen LogP contribution < -0.4 is 0 Å². The Morgan fingerprint density at radius 2 is 1.32 bits per heavy atom. The average Bonchev–Trinajstić information content (AvgIpc) is 2.71. The van der Waals surface area contributed by atoms with Gasteiger partial charge in [-0.1, -0.05) is 6.42 Å². The normalized spacial score (nSPS) is 55.8. The standard InChI is InChI=1S/C23H32O2/c24-20(22-9-15-4-16(10-22)6-17(5-15)11-22)8-21(25)23-12-14-1-2-19(23)7-18(3-14)13-23/h8,14-19,24H,1-7,9-13H2/b20-8-. The largest absolute Gasteiger partial charge is 0.512 e. The van der Waals surface area contributed by atoms with Crippen molar-refractivity contribution in [2.24, 2.45) is 46.3 Å². The number of ketones is 1. The molecule has 7 fully saturated rings. The van der Waals surface area contributed by atoms with Crippen LogP contribution >= 0.6 is 0 Å². The Bertz CT molecular complexity index is 611. The molecule has 136 valence electrons. The molecule has 7 aliphatic carbocycles. The highest BCUT2D eigenvalue weighted by Crippen LogP contribution is 2.64. The Morgan fingerprint density at radius 1 is 0.760 bits per heavy atom. The first-order chi connectivity index (χ1) is 12.0. The summed E-state index contributed by atoms with van der Waals surface area (Å²) in [5.74, 6) is 5.46. The van der Waals surface area contributed by atoms with Gasteiger partial charge in [-0.15, -0.1) is 0 Å². The Morgan fingerprint density at radius 3 is 2.00 bits per heavy atom. The maximum Gasteiger partial charge on any atom is 0.165 e. The molecule has 0 heterocycles. The summed E-state index contributed by atoms with van der Waals surface area (Å²) in [6.45, 7) is 0. The van der Waals surface area contributed by atoms with E-state index in [9.17, 15) is 9.90 Å². The van der Waals surface area contributed by atoms with Gasteiger partial charge >= 0.3 is 0 Å². The van der Waals surface area contributed by atoms with Crippen LogP contribution in [-0.2, 0) is 4.79 Å². The van der Waals surface area contributed by atoms with Gasteiger partial charge < -0.3 is 5.11 Å². The van der Waals surface area contributed by atoms with E-state index in [0.717, 1.165) is 61.7 Å². The first-order valence-corrected chi connectivity index (χ1v) is 11.0. The van der Waals surface area contributed by atoms with Crippen LogP contribution in [0.3, 0.4) is 0 Å². The Labute approximate surface area is 151 Å². The molecule has 1 N–H and O–H groups in total. The highest BCUT2D eigenvalue weighted by Gasteiger charge is 2.58. The second-order valence-electron chi connectivity index (χ2n) is 11.1. The molecule has 0 saturated heterocycles. The molecule has 0 radical (unpaired) electrons. The summed E-state index contributed by atoms with van der Waals surface area (Å²) in [5.41, 5.74) is -0.102. The summed E-state index contributed by atoms with van der Waals surface area (Å²) in [6.07, 6.45) is 16.9. The molecule has 25 heavy (non-hydrogen) atoms. The van der Waals surface area contributed by atoms with Crippen molar-refractivity contribution in [3.05, 3.63) is 11.8 Å². The van der Waals surface area contributed by atoms with Gasteiger partial charge in [-0.2, -0.15) is 0 Å². The summed E-state index contributed by atoms with van der Waals surface area (Å²) < 4.78 is 0. The van der Waals surface area contributed by atoms with E-state index >= 15 is 0 Å². The summed E-state index contributed by atoms with van der Waals surface area (Å²) in [5, 5.41) is 11.1. The minimum absolute atomic E-state index is 0.0211. The van der Waals surface area contributed by atoms with Crippen molar-refractivity contribution in [1.82, 2.24) is 0 Å². The molecule has 2 heteroatoms. The number of aliphatic hydroxyl groups excluding tert-OH is 1. The van der Waals surface area contributed by atoms with Crippen LogP contribution in [0.2, 0.25) is 0 Å². The number of aliphatic hydroxyl groups is 1. The van der Waals surface area contributed by atoms with Crippen LogP contribution in [0.4, 0.5) is 0 Å². The minimum Gasteiger partial charge on any atom is -0.512 e. The molecule has 0 aliphatic heterocycles. The zero-order valence-corrected chi connectivity index (χ0v) is 15.4. The lowest BCUT2D eigenvalue weighted by Gasteiger charge is -2.56. The molecule has 4 atom stereocenters. The fourth-order valence-electron chi connectivity index (χ4n) is 9.19. The second kappa shape index (κ2) is 4.93. The smallest absolute Gasteiger partial charge is 0.165 e. The van der Waals surface area contributed by atoms with Gasteiger partial charge in [0.2, 0.25) is 0 Å². The van der Waals surface area contributed by atoms with Gasteiger partial charge in [-0.05, 0) is 106 Å². The molecule has 0 amide bonds.